The van der Waals surface area contributed by atoms with Gasteiger partial charge in [0.15, 0.2) is 0 Å². The highest BCUT2D eigenvalue weighted by Crippen LogP contribution is 2.19. The number of aromatic nitrogens is 4. The minimum atomic E-state index is -0.461. The molecule has 0 aliphatic carbocycles. The van der Waals surface area contributed by atoms with Gasteiger partial charge in [-0.2, -0.15) is 0 Å². The van der Waals surface area contributed by atoms with Gasteiger partial charge in [0.05, 0.1) is 0 Å². The van der Waals surface area contributed by atoms with E-state index in [4.69, 9.17) is 0 Å². The van der Waals surface area contributed by atoms with Crippen LogP contribution in [-0.4, -0.2) is 25.6 Å². The van der Waals surface area contributed by atoms with Gasteiger partial charge < -0.3 is 16.0 Å². The number of nitrogens with one attached hydrogen (secondary N) is 3. The van der Waals surface area contributed by atoms with Crippen LogP contribution in [-0.2, 0) is 0 Å². The number of hydrogen-bond donors (Lipinski definition) is 3. The first-order chi connectivity index (χ1) is 14.6. The second-order valence-electron chi connectivity index (χ2n) is 6.40. The van der Waals surface area contributed by atoms with Gasteiger partial charge in [0.25, 0.3) is 0 Å². The molecule has 2 amide bonds. The van der Waals surface area contributed by atoms with E-state index in [1.807, 2.05) is 35.9 Å². The van der Waals surface area contributed by atoms with Gasteiger partial charge in [-0.25, -0.2) is 24.1 Å². The van der Waals surface area contributed by atoms with Crippen LogP contribution in [0, 0.1) is 12.7 Å². The Hall–Kier alpha value is -4.27. The molecule has 0 aliphatic rings. The molecule has 0 saturated carbocycles. The molecule has 0 fully saturated rings. The average molecular weight is 403 g/mol. The Morgan fingerprint density at radius 2 is 1.70 bits per heavy atom. The molecule has 9 heteroatoms. The zero-order valence-corrected chi connectivity index (χ0v) is 16.0. The Morgan fingerprint density at radius 3 is 2.43 bits per heavy atom. The molecule has 0 aliphatic heterocycles. The van der Waals surface area contributed by atoms with E-state index < -0.39 is 11.8 Å². The number of anilines is 4. The minimum Gasteiger partial charge on any atom is -0.340 e. The summed E-state index contributed by atoms with van der Waals surface area (Å²) in [5, 5.41) is 8.48. The summed E-state index contributed by atoms with van der Waals surface area (Å²) >= 11 is 0. The van der Waals surface area contributed by atoms with Crippen LogP contribution in [0.1, 0.15) is 5.82 Å². The van der Waals surface area contributed by atoms with Crippen LogP contribution in [0.4, 0.5) is 32.1 Å². The Balaban J connectivity index is 1.39. The van der Waals surface area contributed by atoms with Crippen LogP contribution in [0.3, 0.4) is 0 Å². The number of amides is 2. The van der Waals surface area contributed by atoms with Crippen molar-refractivity contribution in [3.63, 3.8) is 0 Å². The van der Waals surface area contributed by atoms with E-state index in [1.165, 1.54) is 24.5 Å². The maximum Gasteiger partial charge on any atom is 0.323 e. The van der Waals surface area contributed by atoms with Crippen LogP contribution in [0.25, 0.3) is 5.82 Å². The highest BCUT2D eigenvalue weighted by molar-refractivity contribution is 5.99. The zero-order chi connectivity index (χ0) is 20.9. The molecule has 8 nitrogen and oxygen atoms in total. The quantitative estimate of drug-likeness (QED) is 0.456. The first kappa shape index (κ1) is 19.1. The van der Waals surface area contributed by atoms with E-state index in [9.17, 15) is 9.18 Å². The predicted molar refractivity (Wildman–Crippen MR) is 113 cm³/mol. The lowest BCUT2D eigenvalue weighted by Crippen LogP contribution is -2.19. The molecule has 0 saturated heterocycles. The van der Waals surface area contributed by atoms with Crippen molar-refractivity contribution in [3.8, 4) is 5.82 Å². The zero-order valence-electron chi connectivity index (χ0n) is 16.0. The fourth-order valence-electron chi connectivity index (χ4n) is 2.81. The third-order valence-electron chi connectivity index (χ3n) is 4.22. The lowest BCUT2D eigenvalue weighted by Gasteiger charge is -2.10. The molecule has 0 bridgehead atoms. The number of hydrogen-bond acceptors (Lipinski definition) is 5. The van der Waals surface area contributed by atoms with Crippen molar-refractivity contribution in [1.82, 2.24) is 19.5 Å². The number of halogens is 1. The van der Waals surface area contributed by atoms with E-state index in [2.05, 4.69) is 30.9 Å². The monoisotopic (exact) mass is 403 g/mol. The number of aryl methyl sites for hydroxylation is 1. The average Bonchev–Trinajstić information content (AvgIpc) is 3.16. The largest absolute Gasteiger partial charge is 0.340 e. The standard InChI is InChI=1S/C21H18FN7O/c1-14-23-9-10-29(14)20-12-19(24-13-25-20)26-16-5-7-17(8-6-16)27-21(30)28-18-4-2-3-15(22)11-18/h2-13H,1H3,(H,24,25,26)(H2,27,28,30). The first-order valence-corrected chi connectivity index (χ1v) is 9.10. The van der Waals surface area contributed by atoms with Crippen LogP contribution in [0.15, 0.2) is 73.3 Å². The predicted octanol–water partition coefficient (Wildman–Crippen LogP) is 4.50. The second-order valence-corrected chi connectivity index (χ2v) is 6.40. The van der Waals surface area contributed by atoms with Gasteiger partial charge in [0, 0.05) is 35.5 Å². The van der Waals surface area contributed by atoms with Crippen molar-refractivity contribution >= 4 is 28.9 Å². The maximum atomic E-state index is 13.2. The third-order valence-corrected chi connectivity index (χ3v) is 4.22. The van der Waals surface area contributed by atoms with Gasteiger partial charge in [-0.1, -0.05) is 6.07 Å². The number of benzene rings is 2. The summed E-state index contributed by atoms with van der Waals surface area (Å²) in [7, 11) is 0. The summed E-state index contributed by atoms with van der Waals surface area (Å²) in [5.74, 6) is 1.73. The number of carbonyl (C=O) groups is 1. The van der Waals surface area contributed by atoms with Gasteiger partial charge in [0.2, 0.25) is 0 Å². The highest BCUT2D eigenvalue weighted by atomic mass is 19.1. The van der Waals surface area contributed by atoms with Crippen molar-refractivity contribution in [1.29, 1.82) is 0 Å². The number of carbonyl (C=O) groups excluding carboxylic acids is 1. The highest BCUT2D eigenvalue weighted by Gasteiger charge is 2.06. The topological polar surface area (TPSA) is 96.8 Å². The summed E-state index contributed by atoms with van der Waals surface area (Å²) in [6, 6.07) is 14.1. The van der Waals surface area contributed by atoms with Gasteiger partial charge in [0.1, 0.15) is 29.6 Å². The fourth-order valence-corrected chi connectivity index (χ4v) is 2.81. The Kier molecular flexibility index (Phi) is 5.33. The lowest BCUT2D eigenvalue weighted by molar-refractivity contribution is 0.262. The minimum absolute atomic E-state index is 0.374. The molecule has 3 N–H and O–H groups in total. The van der Waals surface area contributed by atoms with Crippen LogP contribution >= 0.6 is 0 Å². The molecule has 150 valence electrons. The number of rotatable bonds is 5. The third kappa shape index (κ3) is 4.58. The van der Waals surface area contributed by atoms with Crippen molar-refractivity contribution in [2.75, 3.05) is 16.0 Å². The Bertz CT molecular complexity index is 1170. The van der Waals surface area contributed by atoms with Gasteiger partial charge in [-0.05, 0) is 49.4 Å². The Morgan fingerprint density at radius 1 is 0.933 bits per heavy atom. The van der Waals surface area contributed by atoms with E-state index in [-0.39, 0.29) is 0 Å². The van der Waals surface area contributed by atoms with Crippen molar-refractivity contribution in [3.05, 3.63) is 85.0 Å². The molecular weight excluding hydrogens is 385 g/mol. The first-order valence-electron chi connectivity index (χ1n) is 9.10. The smallest absolute Gasteiger partial charge is 0.323 e. The molecule has 30 heavy (non-hydrogen) atoms. The van der Waals surface area contributed by atoms with Crippen LogP contribution in [0.5, 0.6) is 0 Å². The Labute approximate surface area is 171 Å². The molecule has 0 atom stereocenters. The van der Waals surface area contributed by atoms with Crippen LogP contribution in [0.2, 0.25) is 0 Å². The second kappa shape index (κ2) is 8.39. The summed E-state index contributed by atoms with van der Waals surface area (Å²) in [4.78, 5) is 24.8. The molecule has 2 heterocycles. The molecule has 2 aromatic heterocycles. The van der Waals surface area contributed by atoms with Crippen molar-refractivity contribution < 1.29 is 9.18 Å². The molecule has 4 rings (SSSR count). The number of nitrogens with zero attached hydrogens (tertiary/aromatic N) is 4. The molecule has 0 spiro atoms. The summed E-state index contributed by atoms with van der Waals surface area (Å²) in [5.41, 5.74) is 1.75. The van der Waals surface area contributed by atoms with E-state index in [1.54, 1.807) is 24.4 Å². The number of imidazole rings is 1. The fraction of sp³-hybridized carbons (Fsp3) is 0.0476. The molecule has 0 unspecified atom stereocenters. The normalized spacial score (nSPS) is 10.5. The molecular formula is C21H18FN7O. The van der Waals surface area contributed by atoms with Crippen molar-refractivity contribution in [2.45, 2.75) is 6.92 Å². The van der Waals surface area contributed by atoms with E-state index in [0.29, 0.717) is 23.0 Å². The summed E-state index contributed by atoms with van der Waals surface area (Å²) in [6.07, 6.45) is 5.02. The number of urea groups is 1. The van der Waals surface area contributed by atoms with Gasteiger partial charge >= 0.3 is 6.03 Å². The van der Waals surface area contributed by atoms with E-state index in [0.717, 1.165) is 11.5 Å². The van der Waals surface area contributed by atoms with Gasteiger partial charge in [-0.15, -0.1) is 0 Å². The van der Waals surface area contributed by atoms with Gasteiger partial charge in [-0.3, -0.25) is 4.57 Å². The molecule has 0 radical (unpaired) electrons. The summed E-state index contributed by atoms with van der Waals surface area (Å²) < 4.78 is 15.1. The lowest BCUT2D eigenvalue weighted by atomic mass is 10.2. The van der Waals surface area contributed by atoms with Crippen LogP contribution < -0.4 is 16.0 Å². The SMILES string of the molecule is Cc1nccn1-c1cc(Nc2ccc(NC(=O)Nc3cccc(F)c3)cc2)ncn1. The van der Waals surface area contributed by atoms with E-state index >= 15 is 0 Å². The molecule has 4 aromatic rings. The van der Waals surface area contributed by atoms with Crippen molar-refractivity contribution in [2.24, 2.45) is 0 Å². The summed E-state index contributed by atoms with van der Waals surface area (Å²) in [6.45, 7) is 1.89. The molecule has 2 aromatic carbocycles. The maximum absolute atomic E-state index is 13.2.